The van der Waals surface area contributed by atoms with Crippen molar-refractivity contribution in [1.82, 2.24) is 5.32 Å². The second-order valence-electron chi connectivity index (χ2n) is 5.52. The van der Waals surface area contributed by atoms with Crippen molar-refractivity contribution in [2.45, 2.75) is 32.2 Å². The van der Waals surface area contributed by atoms with Gasteiger partial charge >= 0.3 is 5.97 Å². The van der Waals surface area contributed by atoms with E-state index in [-0.39, 0.29) is 18.0 Å². The van der Waals surface area contributed by atoms with Crippen LogP contribution in [0, 0.1) is 11.2 Å². The molecule has 1 atom stereocenters. The highest BCUT2D eigenvalue weighted by atomic mass is 19.1. The first-order chi connectivity index (χ1) is 9.86. The summed E-state index contributed by atoms with van der Waals surface area (Å²) in [6.45, 7) is 1.32. The van der Waals surface area contributed by atoms with Crippen molar-refractivity contribution in [2.24, 2.45) is 5.41 Å². The minimum Gasteiger partial charge on any atom is -0.497 e. The maximum absolute atomic E-state index is 14.0. The van der Waals surface area contributed by atoms with Crippen molar-refractivity contribution < 1.29 is 23.8 Å². The second-order valence-corrected chi connectivity index (χ2v) is 5.52. The summed E-state index contributed by atoms with van der Waals surface area (Å²) >= 11 is 0. The third-order valence-corrected chi connectivity index (χ3v) is 3.69. The molecule has 1 aliphatic carbocycles. The summed E-state index contributed by atoms with van der Waals surface area (Å²) in [5, 5.41) is 12.1. The lowest BCUT2D eigenvalue weighted by molar-refractivity contribution is -0.154. The SMILES string of the molecule is COc1ccc(CC(C)(C(=O)O)C(=O)NC2CC2)c(F)c1. The highest BCUT2D eigenvalue weighted by Gasteiger charge is 2.43. The highest BCUT2D eigenvalue weighted by molar-refractivity contribution is 6.02. The third-order valence-electron chi connectivity index (χ3n) is 3.69. The number of halogens is 1. The molecule has 2 N–H and O–H groups in total. The molecule has 1 aromatic rings. The molecule has 2 rings (SSSR count). The molecule has 21 heavy (non-hydrogen) atoms. The zero-order valence-electron chi connectivity index (χ0n) is 12.0. The number of carboxylic acid groups (broad SMARTS) is 1. The van der Waals surface area contributed by atoms with Gasteiger partial charge in [0.2, 0.25) is 5.91 Å². The number of benzene rings is 1. The van der Waals surface area contributed by atoms with Gasteiger partial charge in [0.15, 0.2) is 0 Å². The number of hydrogen-bond acceptors (Lipinski definition) is 3. The lowest BCUT2D eigenvalue weighted by Crippen LogP contribution is -2.46. The minimum atomic E-state index is -1.70. The van der Waals surface area contributed by atoms with Crippen LogP contribution in [0.3, 0.4) is 0 Å². The standard InChI is InChI=1S/C15H18FNO4/c1-15(14(19)20,13(18)17-10-4-5-10)8-9-3-6-11(21-2)7-12(9)16/h3,6-7,10H,4-5,8H2,1-2H3,(H,17,18)(H,19,20). The molecule has 0 spiro atoms. The summed E-state index contributed by atoms with van der Waals surface area (Å²) in [4.78, 5) is 23.7. The van der Waals surface area contributed by atoms with E-state index in [1.54, 1.807) is 6.07 Å². The Bertz CT molecular complexity index is 571. The Morgan fingerprint density at radius 1 is 1.48 bits per heavy atom. The fourth-order valence-corrected chi connectivity index (χ4v) is 2.00. The average Bonchev–Trinajstić information content (AvgIpc) is 3.24. The molecule has 1 saturated carbocycles. The molecule has 1 unspecified atom stereocenters. The molecule has 1 aromatic carbocycles. The second kappa shape index (κ2) is 5.71. The molecule has 0 saturated heterocycles. The number of carbonyl (C=O) groups excluding carboxylic acids is 1. The monoisotopic (exact) mass is 295 g/mol. The fraction of sp³-hybridized carbons (Fsp3) is 0.467. The minimum absolute atomic E-state index is 0.0527. The van der Waals surface area contributed by atoms with E-state index in [0.717, 1.165) is 12.8 Å². The fourth-order valence-electron chi connectivity index (χ4n) is 2.00. The van der Waals surface area contributed by atoms with Crippen LogP contribution in [0.2, 0.25) is 0 Å². The molecular weight excluding hydrogens is 277 g/mol. The van der Waals surface area contributed by atoms with Gasteiger partial charge < -0.3 is 15.2 Å². The van der Waals surface area contributed by atoms with Gasteiger partial charge in [-0.25, -0.2) is 4.39 Å². The predicted molar refractivity (Wildman–Crippen MR) is 73.6 cm³/mol. The summed E-state index contributed by atoms with van der Waals surface area (Å²) in [6, 6.07) is 4.22. The van der Waals surface area contributed by atoms with Crippen LogP contribution in [0.1, 0.15) is 25.3 Å². The summed E-state index contributed by atoms with van der Waals surface area (Å²) in [7, 11) is 1.42. The van der Waals surface area contributed by atoms with E-state index in [2.05, 4.69) is 5.32 Å². The molecule has 1 aliphatic rings. The number of aliphatic carboxylic acids is 1. The lowest BCUT2D eigenvalue weighted by atomic mass is 9.82. The highest BCUT2D eigenvalue weighted by Crippen LogP contribution is 2.29. The smallest absolute Gasteiger partial charge is 0.319 e. The van der Waals surface area contributed by atoms with Crippen LogP contribution in [-0.4, -0.2) is 30.1 Å². The predicted octanol–water partition coefficient (Wildman–Crippen LogP) is 1.75. The van der Waals surface area contributed by atoms with E-state index in [1.165, 1.54) is 26.2 Å². The number of amides is 1. The quantitative estimate of drug-likeness (QED) is 0.784. The molecule has 0 heterocycles. The Balaban J connectivity index is 2.22. The van der Waals surface area contributed by atoms with E-state index >= 15 is 0 Å². The number of methoxy groups -OCH3 is 1. The number of ether oxygens (including phenoxy) is 1. The van der Waals surface area contributed by atoms with Gasteiger partial charge in [-0.05, 0) is 31.4 Å². The van der Waals surface area contributed by atoms with Crippen LogP contribution in [0.15, 0.2) is 18.2 Å². The molecule has 0 bridgehead atoms. The van der Waals surface area contributed by atoms with Crippen LogP contribution < -0.4 is 10.1 Å². The van der Waals surface area contributed by atoms with Gasteiger partial charge in [-0.2, -0.15) is 0 Å². The number of carbonyl (C=O) groups is 2. The molecule has 5 nitrogen and oxygen atoms in total. The summed E-state index contributed by atoms with van der Waals surface area (Å²) in [5.74, 6) is -2.08. The zero-order chi connectivity index (χ0) is 15.6. The number of rotatable bonds is 6. The van der Waals surface area contributed by atoms with Crippen molar-refractivity contribution >= 4 is 11.9 Å². The van der Waals surface area contributed by atoms with E-state index < -0.39 is 23.1 Å². The maximum Gasteiger partial charge on any atom is 0.319 e. The summed E-state index contributed by atoms with van der Waals surface area (Å²) in [5.41, 5.74) is -1.52. The number of hydrogen-bond donors (Lipinski definition) is 2. The van der Waals surface area contributed by atoms with Crippen molar-refractivity contribution in [3.63, 3.8) is 0 Å². The molecule has 0 radical (unpaired) electrons. The van der Waals surface area contributed by atoms with Gasteiger partial charge in [0.25, 0.3) is 0 Å². The Labute approximate surface area is 122 Å². The van der Waals surface area contributed by atoms with Crippen LogP contribution >= 0.6 is 0 Å². The Morgan fingerprint density at radius 3 is 2.62 bits per heavy atom. The lowest BCUT2D eigenvalue weighted by Gasteiger charge is -2.24. The average molecular weight is 295 g/mol. The van der Waals surface area contributed by atoms with E-state index in [1.807, 2.05) is 0 Å². The molecular formula is C15H18FNO4. The maximum atomic E-state index is 14.0. The first kappa shape index (κ1) is 15.3. The Morgan fingerprint density at radius 2 is 2.14 bits per heavy atom. The molecule has 1 fully saturated rings. The van der Waals surface area contributed by atoms with Crippen LogP contribution in [-0.2, 0) is 16.0 Å². The van der Waals surface area contributed by atoms with Crippen molar-refractivity contribution in [2.75, 3.05) is 7.11 Å². The van der Waals surface area contributed by atoms with Gasteiger partial charge in [0.05, 0.1) is 7.11 Å². The molecule has 114 valence electrons. The van der Waals surface area contributed by atoms with E-state index in [0.29, 0.717) is 5.75 Å². The normalized spacial score (nSPS) is 16.9. The number of carboxylic acids is 1. The van der Waals surface area contributed by atoms with Crippen molar-refractivity contribution in [1.29, 1.82) is 0 Å². The Hall–Kier alpha value is -2.11. The summed E-state index contributed by atoms with van der Waals surface area (Å²) in [6.07, 6.45) is 1.51. The van der Waals surface area contributed by atoms with Gasteiger partial charge in [-0.3, -0.25) is 9.59 Å². The van der Waals surface area contributed by atoms with Crippen LogP contribution in [0.25, 0.3) is 0 Å². The van der Waals surface area contributed by atoms with Gasteiger partial charge in [-0.1, -0.05) is 6.07 Å². The first-order valence-electron chi connectivity index (χ1n) is 6.73. The number of nitrogens with one attached hydrogen (secondary N) is 1. The van der Waals surface area contributed by atoms with Crippen molar-refractivity contribution in [3.8, 4) is 5.75 Å². The van der Waals surface area contributed by atoms with Crippen LogP contribution in [0.4, 0.5) is 4.39 Å². The van der Waals surface area contributed by atoms with Gasteiger partial charge in [-0.15, -0.1) is 0 Å². The molecule has 1 amide bonds. The Kier molecular flexibility index (Phi) is 4.16. The van der Waals surface area contributed by atoms with Gasteiger partial charge in [0, 0.05) is 18.5 Å². The summed E-state index contributed by atoms with van der Waals surface area (Å²) < 4.78 is 18.9. The van der Waals surface area contributed by atoms with Crippen LogP contribution in [0.5, 0.6) is 5.75 Å². The topological polar surface area (TPSA) is 75.6 Å². The van der Waals surface area contributed by atoms with E-state index in [4.69, 9.17) is 4.74 Å². The van der Waals surface area contributed by atoms with Gasteiger partial charge in [0.1, 0.15) is 17.0 Å². The first-order valence-corrected chi connectivity index (χ1v) is 6.73. The zero-order valence-corrected chi connectivity index (χ0v) is 12.0. The molecule has 6 heteroatoms. The largest absolute Gasteiger partial charge is 0.497 e. The van der Waals surface area contributed by atoms with Crippen molar-refractivity contribution in [3.05, 3.63) is 29.6 Å². The van der Waals surface area contributed by atoms with E-state index in [9.17, 15) is 19.1 Å². The molecule has 0 aromatic heterocycles. The third kappa shape index (κ3) is 3.32. The molecule has 0 aliphatic heterocycles.